The van der Waals surface area contributed by atoms with Crippen molar-refractivity contribution in [2.24, 2.45) is 5.92 Å². The first kappa shape index (κ1) is 33.6. The molecule has 0 unspecified atom stereocenters. The first-order valence-electron chi connectivity index (χ1n) is 14.7. The number of methoxy groups -OCH3 is 1. The zero-order chi connectivity index (χ0) is 32.4. The number of ether oxygens (including phenoxy) is 1. The van der Waals surface area contributed by atoms with Gasteiger partial charge in [-0.15, -0.1) is 0 Å². The lowest BCUT2D eigenvalue weighted by atomic mass is 10.0. The fourth-order valence-electron chi connectivity index (χ4n) is 4.88. The van der Waals surface area contributed by atoms with Gasteiger partial charge in [0.2, 0.25) is 11.8 Å². The molecule has 0 saturated heterocycles. The second kappa shape index (κ2) is 15.6. The number of hydrogen-bond acceptors (Lipinski definition) is 5. The minimum absolute atomic E-state index is 0.0145. The number of carbonyl (C=O) groups excluding carboxylic acids is 2. The van der Waals surface area contributed by atoms with E-state index in [0.29, 0.717) is 17.1 Å². The normalized spacial score (nSPS) is 11.9. The second-order valence-corrected chi connectivity index (χ2v) is 13.3. The van der Waals surface area contributed by atoms with E-state index in [2.05, 4.69) is 5.32 Å². The van der Waals surface area contributed by atoms with Crippen molar-refractivity contribution in [1.29, 1.82) is 0 Å². The summed E-state index contributed by atoms with van der Waals surface area (Å²) >= 11 is 6.31. The van der Waals surface area contributed by atoms with E-state index in [1.807, 2.05) is 50.2 Å². The van der Waals surface area contributed by atoms with Crippen LogP contribution in [-0.2, 0) is 32.6 Å². The molecule has 0 radical (unpaired) electrons. The summed E-state index contributed by atoms with van der Waals surface area (Å²) in [5.74, 6) is -0.444. The third-order valence-corrected chi connectivity index (χ3v) is 9.17. The summed E-state index contributed by atoms with van der Waals surface area (Å²) in [7, 11) is -2.80. The third-order valence-electron chi connectivity index (χ3n) is 7.16. The molecule has 0 bridgehead atoms. The number of halogens is 1. The predicted octanol–water partition coefficient (Wildman–Crippen LogP) is 5.96. The number of para-hydroxylation sites is 2. The Morgan fingerprint density at radius 1 is 0.844 bits per heavy atom. The molecule has 1 N–H and O–H groups in total. The zero-order valence-corrected chi connectivity index (χ0v) is 27.2. The van der Waals surface area contributed by atoms with Crippen molar-refractivity contribution in [3.8, 4) is 5.75 Å². The van der Waals surface area contributed by atoms with Crippen LogP contribution in [0, 0.1) is 5.92 Å². The standard InChI is InChI=1S/C35H38ClN3O5S/c1-26(2)23-37-35(41)32(22-27-13-6-4-7-14-27)38(24-28-15-12-16-29(36)21-28)34(40)25-39(31-19-10-11-20-33(31)44-3)45(42,43)30-17-8-5-9-18-30/h4-21,26,32H,22-25H2,1-3H3,(H,37,41)/t32-/m0/s1. The maximum absolute atomic E-state index is 14.5. The van der Waals surface area contributed by atoms with Gasteiger partial charge in [0.25, 0.3) is 10.0 Å². The number of benzene rings is 4. The van der Waals surface area contributed by atoms with Gasteiger partial charge < -0.3 is 15.0 Å². The largest absolute Gasteiger partial charge is 0.495 e. The summed E-state index contributed by atoms with van der Waals surface area (Å²) in [5.41, 5.74) is 1.74. The zero-order valence-electron chi connectivity index (χ0n) is 25.6. The molecular formula is C35H38ClN3O5S. The van der Waals surface area contributed by atoms with Crippen LogP contribution in [0.25, 0.3) is 0 Å². The number of rotatable bonds is 14. The molecule has 8 nitrogen and oxygen atoms in total. The van der Waals surface area contributed by atoms with E-state index in [-0.39, 0.29) is 41.1 Å². The summed E-state index contributed by atoms with van der Waals surface area (Å²) in [6.07, 6.45) is 0.219. The van der Waals surface area contributed by atoms with Crippen LogP contribution >= 0.6 is 11.6 Å². The highest BCUT2D eigenvalue weighted by molar-refractivity contribution is 7.92. The number of nitrogens with one attached hydrogen (secondary N) is 1. The Morgan fingerprint density at radius 3 is 2.11 bits per heavy atom. The third kappa shape index (κ3) is 8.86. The van der Waals surface area contributed by atoms with Crippen molar-refractivity contribution in [3.05, 3.63) is 125 Å². The number of hydrogen-bond donors (Lipinski definition) is 1. The number of nitrogens with zero attached hydrogens (tertiary/aromatic N) is 2. The summed E-state index contributed by atoms with van der Waals surface area (Å²) in [5, 5.41) is 3.46. The Hall–Kier alpha value is -4.34. The average Bonchev–Trinajstić information content (AvgIpc) is 3.04. The minimum atomic E-state index is -4.24. The van der Waals surface area contributed by atoms with Crippen molar-refractivity contribution in [1.82, 2.24) is 10.2 Å². The lowest BCUT2D eigenvalue weighted by molar-refractivity contribution is -0.140. The minimum Gasteiger partial charge on any atom is -0.495 e. The van der Waals surface area contributed by atoms with Crippen LogP contribution in [-0.4, -0.2) is 51.4 Å². The van der Waals surface area contributed by atoms with Crippen molar-refractivity contribution >= 4 is 39.1 Å². The second-order valence-electron chi connectivity index (χ2n) is 11.0. The molecule has 4 aromatic rings. The molecule has 0 spiro atoms. The summed E-state index contributed by atoms with van der Waals surface area (Å²) < 4.78 is 34.8. The summed E-state index contributed by atoms with van der Waals surface area (Å²) in [6, 6.07) is 30.0. The highest BCUT2D eigenvalue weighted by Crippen LogP contribution is 2.32. The van der Waals surface area contributed by atoms with Gasteiger partial charge in [-0.05, 0) is 53.4 Å². The molecule has 236 valence electrons. The first-order valence-corrected chi connectivity index (χ1v) is 16.5. The molecule has 10 heteroatoms. The molecule has 4 aromatic carbocycles. The van der Waals surface area contributed by atoms with E-state index >= 15 is 0 Å². The van der Waals surface area contributed by atoms with Gasteiger partial charge in [-0.2, -0.15) is 0 Å². The molecule has 0 heterocycles. The average molecular weight is 648 g/mol. The molecule has 4 rings (SSSR count). The number of sulfonamides is 1. The maximum Gasteiger partial charge on any atom is 0.264 e. The van der Waals surface area contributed by atoms with Gasteiger partial charge in [-0.3, -0.25) is 13.9 Å². The summed E-state index contributed by atoms with van der Waals surface area (Å²) in [4.78, 5) is 29.8. The predicted molar refractivity (Wildman–Crippen MR) is 178 cm³/mol. The van der Waals surface area contributed by atoms with Gasteiger partial charge in [0.1, 0.15) is 18.3 Å². The van der Waals surface area contributed by atoms with Gasteiger partial charge in [-0.25, -0.2) is 8.42 Å². The fourth-order valence-corrected chi connectivity index (χ4v) is 6.54. The van der Waals surface area contributed by atoms with Gasteiger partial charge in [0.15, 0.2) is 0 Å². The van der Waals surface area contributed by atoms with Crippen molar-refractivity contribution in [2.45, 2.75) is 37.8 Å². The Bertz CT molecular complexity index is 1680. The molecule has 0 aliphatic heterocycles. The highest BCUT2D eigenvalue weighted by atomic mass is 35.5. The van der Waals surface area contributed by atoms with Crippen LogP contribution in [0.3, 0.4) is 0 Å². The van der Waals surface area contributed by atoms with Crippen LogP contribution in [0.4, 0.5) is 5.69 Å². The molecule has 0 aliphatic carbocycles. The summed E-state index contributed by atoms with van der Waals surface area (Å²) in [6.45, 7) is 3.83. The van der Waals surface area contributed by atoms with Crippen LogP contribution in [0.15, 0.2) is 114 Å². The molecule has 0 aromatic heterocycles. The Labute approximate surface area is 270 Å². The fraction of sp³-hybridized carbons (Fsp3) is 0.257. The van der Waals surface area contributed by atoms with E-state index in [1.165, 1.54) is 24.1 Å². The molecule has 0 aliphatic rings. The molecule has 1 atom stereocenters. The van der Waals surface area contributed by atoms with Gasteiger partial charge in [0.05, 0.1) is 17.7 Å². The molecule has 0 fully saturated rings. The lowest BCUT2D eigenvalue weighted by Crippen LogP contribution is -2.53. The van der Waals surface area contributed by atoms with E-state index in [1.54, 1.807) is 60.7 Å². The maximum atomic E-state index is 14.5. The molecule has 2 amide bonds. The number of amides is 2. The topological polar surface area (TPSA) is 96.0 Å². The van der Waals surface area contributed by atoms with Crippen LogP contribution in [0.2, 0.25) is 5.02 Å². The first-order chi connectivity index (χ1) is 21.6. The Balaban J connectivity index is 1.82. The molecule has 45 heavy (non-hydrogen) atoms. The van der Waals surface area contributed by atoms with Gasteiger partial charge >= 0.3 is 0 Å². The van der Waals surface area contributed by atoms with Crippen molar-refractivity contribution < 1.29 is 22.7 Å². The quantitative estimate of drug-likeness (QED) is 0.182. The SMILES string of the molecule is COc1ccccc1N(CC(=O)N(Cc1cccc(Cl)c1)[C@@H](Cc1ccccc1)C(=O)NCC(C)C)S(=O)(=O)c1ccccc1. The lowest BCUT2D eigenvalue weighted by Gasteiger charge is -2.34. The van der Waals surface area contributed by atoms with Crippen molar-refractivity contribution in [3.63, 3.8) is 0 Å². The van der Waals surface area contributed by atoms with Crippen LogP contribution < -0.4 is 14.4 Å². The van der Waals surface area contributed by atoms with Crippen LogP contribution in [0.5, 0.6) is 5.75 Å². The number of carbonyl (C=O) groups is 2. The van der Waals surface area contributed by atoms with E-state index in [4.69, 9.17) is 16.3 Å². The van der Waals surface area contributed by atoms with Crippen molar-refractivity contribution in [2.75, 3.05) is 24.5 Å². The van der Waals surface area contributed by atoms with Gasteiger partial charge in [-0.1, -0.05) is 98.2 Å². The Morgan fingerprint density at radius 2 is 1.47 bits per heavy atom. The monoisotopic (exact) mass is 647 g/mol. The highest BCUT2D eigenvalue weighted by Gasteiger charge is 2.35. The van der Waals surface area contributed by atoms with Crippen LogP contribution in [0.1, 0.15) is 25.0 Å². The smallest absolute Gasteiger partial charge is 0.264 e. The van der Waals surface area contributed by atoms with Gasteiger partial charge in [0, 0.05) is 24.5 Å². The Kier molecular flexibility index (Phi) is 11.6. The molecular weight excluding hydrogens is 610 g/mol. The van der Waals surface area contributed by atoms with E-state index in [0.717, 1.165) is 9.87 Å². The van der Waals surface area contributed by atoms with E-state index < -0.39 is 28.5 Å². The molecule has 0 saturated carbocycles. The van der Waals surface area contributed by atoms with E-state index in [9.17, 15) is 18.0 Å². The number of anilines is 1.